The Morgan fingerprint density at radius 1 is 0.868 bits per heavy atom. The van der Waals surface area contributed by atoms with Gasteiger partial charge in [0.2, 0.25) is 0 Å². The number of fused-ring (bicyclic) bond motifs is 8. The molecule has 6 nitrogen and oxygen atoms in total. The number of aromatic nitrogens is 2. The van der Waals surface area contributed by atoms with Crippen LogP contribution in [0.15, 0.2) is 24.3 Å². The van der Waals surface area contributed by atoms with Gasteiger partial charge in [-0.3, -0.25) is 14.6 Å². The third-order valence-electron chi connectivity index (χ3n) is 11.1. The molecule has 6 aliphatic rings. The van der Waals surface area contributed by atoms with Gasteiger partial charge in [-0.15, -0.1) is 0 Å². The molecule has 4 bridgehead atoms. The number of aliphatic carboxylic acids is 1. The van der Waals surface area contributed by atoms with Gasteiger partial charge in [0, 0.05) is 24.7 Å². The Morgan fingerprint density at radius 3 is 2.45 bits per heavy atom. The molecule has 206 valence electrons. The van der Waals surface area contributed by atoms with Crippen LogP contribution >= 0.6 is 0 Å². The van der Waals surface area contributed by atoms with Crippen molar-refractivity contribution >= 4 is 17.0 Å². The Bertz CT molecular complexity index is 1130. The van der Waals surface area contributed by atoms with E-state index in [-0.39, 0.29) is 12.6 Å². The van der Waals surface area contributed by atoms with Crippen molar-refractivity contribution in [2.75, 3.05) is 19.6 Å². The Morgan fingerprint density at radius 2 is 1.63 bits per heavy atom. The highest BCUT2D eigenvalue weighted by Crippen LogP contribution is 2.47. The van der Waals surface area contributed by atoms with E-state index < -0.39 is 5.97 Å². The minimum atomic E-state index is -0.728. The number of hydrogen-bond donors (Lipinski definition) is 1. The minimum absolute atomic E-state index is 0.111. The molecule has 2 unspecified atom stereocenters. The fourth-order valence-corrected chi connectivity index (χ4v) is 9.53. The molecule has 3 saturated carbocycles. The molecule has 38 heavy (non-hydrogen) atoms. The van der Waals surface area contributed by atoms with Gasteiger partial charge in [0.05, 0.1) is 23.6 Å². The first-order chi connectivity index (χ1) is 18.6. The monoisotopic (exact) mass is 518 g/mol. The van der Waals surface area contributed by atoms with Crippen molar-refractivity contribution in [3.8, 4) is 0 Å². The lowest BCUT2D eigenvalue weighted by Gasteiger charge is -2.52. The fraction of sp³-hybridized carbons (Fsp3) is 0.750. The Labute approximate surface area is 227 Å². The van der Waals surface area contributed by atoms with Crippen LogP contribution in [0.5, 0.6) is 0 Å². The van der Waals surface area contributed by atoms with Gasteiger partial charge in [-0.05, 0) is 87.8 Å². The van der Waals surface area contributed by atoms with Crippen molar-refractivity contribution in [1.82, 2.24) is 19.4 Å². The van der Waals surface area contributed by atoms with E-state index in [2.05, 4.69) is 38.6 Å². The van der Waals surface area contributed by atoms with Crippen LogP contribution in [-0.2, 0) is 4.79 Å². The predicted molar refractivity (Wildman–Crippen MR) is 150 cm³/mol. The van der Waals surface area contributed by atoms with Crippen LogP contribution < -0.4 is 0 Å². The summed E-state index contributed by atoms with van der Waals surface area (Å²) in [5.74, 6) is 2.99. The average Bonchev–Trinajstić information content (AvgIpc) is 3.45. The normalized spacial score (nSPS) is 36.7. The van der Waals surface area contributed by atoms with Gasteiger partial charge < -0.3 is 9.67 Å². The van der Waals surface area contributed by atoms with Crippen molar-refractivity contribution < 1.29 is 9.90 Å². The highest BCUT2D eigenvalue weighted by atomic mass is 16.4. The average molecular weight is 519 g/mol. The molecule has 4 heterocycles. The van der Waals surface area contributed by atoms with Crippen LogP contribution in [0.4, 0.5) is 0 Å². The van der Waals surface area contributed by atoms with Gasteiger partial charge in [0.15, 0.2) is 0 Å². The van der Waals surface area contributed by atoms with Gasteiger partial charge in [0.1, 0.15) is 5.82 Å². The number of benzene rings is 1. The zero-order valence-electron chi connectivity index (χ0n) is 23.0. The predicted octanol–water partition coefficient (Wildman–Crippen LogP) is 6.42. The van der Waals surface area contributed by atoms with Crippen LogP contribution in [0.3, 0.4) is 0 Å². The Balaban J connectivity index is 1.22. The maximum absolute atomic E-state index is 11.7. The van der Waals surface area contributed by atoms with Gasteiger partial charge in [-0.2, -0.15) is 0 Å². The van der Waals surface area contributed by atoms with Gasteiger partial charge >= 0.3 is 5.97 Å². The number of piperidine rings is 1. The summed E-state index contributed by atoms with van der Waals surface area (Å²) in [4.78, 5) is 22.1. The van der Waals surface area contributed by atoms with Crippen molar-refractivity contribution in [3.63, 3.8) is 0 Å². The lowest BCUT2D eigenvalue weighted by Crippen LogP contribution is -2.55. The van der Waals surface area contributed by atoms with E-state index in [0.29, 0.717) is 18.0 Å². The number of nitrogens with zero attached hydrogens (tertiary/aromatic N) is 4. The molecule has 2 aromatic rings. The molecule has 6 heteroatoms. The summed E-state index contributed by atoms with van der Waals surface area (Å²) in [5.41, 5.74) is 2.34. The van der Waals surface area contributed by atoms with Crippen molar-refractivity contribution in [2.45, 2.75) is 114 Å². The molecule has 3 aliphatic carbocycles. The van der Waals surface area contributed by atoms with Crippen molar-refractivity contribution in [1.29, 1.82) is 0 Å². The molecule has 3 aliphatic heterocycles. The number of carbonyl (C=O) groups is 1. The van der Waals surface area contributed by atoms with Crippen LogP contribution in [0, 0.1) is 17.8 Å². The van der Waals surface area contributed by atoms with E-state index in [4.69, 9.17) is 4.98 Å². The number of para-hydroxylation sites is 2. The van der Waals surface area contributed by atoms with Crippen LogP contribution in [0.2, 0.25) is 0 Å². The highest BCUT2D eigenvalue weighted by molar-refractivity contribution is 5.76. The lowest BCUT2D eigenvalue weighted by atomic mass is 9.73. The van der Waals surface area contributed by atoms with Crippen molar-refractivity contribution in [3.05, 3.63) is 30.1 Å². The summed E-state index contributed by atoms with van der Waals surface area (Å²) in [5, 5.41) is 9.61. The zero-order chi connectivity index (χ0) is 25.6. The zero-order valence-corrected chi connectivity index (χ0v) is 23.0. The Kier molecular flexibility index (Phi) is 6.98. The maximum Gasteiger partial charge on any atom is 0.317 e. The summed E-state index contributed by atoms with van der Waals surface area (Å²) in [6.45, 7) is 2.21. The van der Waals surface area contributed by atoms with Gasteiger partial charge in [-0.25, -0.2) is 4.98 Å². The van der Waals surface area contributed by atoms with E-state index in [1.807, 2.05) is 0 Å². The number of carboxylic acids is 1. The van der Waals surface area contributed by atoms with Crippen LogP contribution in [0.1, 0.15) is 108 Å². The first kappa shape index (κ1) is 25.1. The summed E-state index contributed by atoms with van der Waals surface area (Å²) in [6.07, 6.45) is 18.9. The first-order valence-electron chi connectivity index (χ1n) is 15.8. The lowest BCUT2D eigenvalue weighted by molar-refractivity contribution is -0.138. The summed E-state index contributed by atoms with van der Waals surface area (Å²) >= 11 is 0. The molecule has 7 atom stereocenters. The third kappa shape index (κ3) is 4.70. The largest absolute Gasteiger partial charge is 0.480 e. The fourth-order valence-electron chi connectivity index (χ4n) is 9.53. The van der Waals surface area contributed by atoms with E-state index in [0.717, 1.165) is 48.6 Å². The Hall–Kier alpha value is -1.92. The van der Waals surface area contributed by atoms with Crippen LogP contribution in [-0.4, -0.2) is 62.1 Å². The number of likely N-dealkylation sites (tertiary alicyclic amines) is 1. The SMILES string of the molecule is O=C(O)CN1CCC[C@H]1c1nc2ccccc2n1[C@@H]1C[C@@H]2CCCCC1CN2C1C[C@H]2CCCC[C@@H](C1)C2. The van der Waals surface area contributed by atoms with Crippen LogP contribution in [0.25, 0.3) is 11.0 Å². The van der Waals surface area contributed by atoms with Gasteiger partial charge in [-0.1, -0.05) is 50.7 Å². The topological polar surface area (TPSA) is 61.6 Å². The second-order valence-electron chi connectivity index (χ2n) is 13.4. The van der Waals surface area contributed by atoms with Crippen molar-refractivity contribution in [2.24, 2.45) is 17.8 Å². The quantitative estimate of drug-likeness (QED) is 0.495. The molecule has 3 saturated heterocycles. The minimum Gasteiger partial charge on any atom is -0.480 e. The maximum atomic E-state index is 11.7. The molecule has 0 radical (unpaired) electrons. The molecule has 0 amide bonds. The first-order valence-corrected chi connectivity index (χ1v) is 15.8. The molecule has 8 rings (SSSR count). The van der Waals surface area contributed by atoms with E-state index in [9.17, 15) is 9.90 Å². The number of carboxylic acid groups (broad SMARTS) is 1. The molecular weight excluding hydrogens is 472 g/mol. The van der Waals surface area contributed by atoms with E-state index in [1.165, 1.54) is 89.1 Å². The molecule has 1 N–H and O–H groups in total. The summed E-state index contributed by atoms with van der Waals surface area (Å²) < 4.78 is 2.63. The van der Waals surface area contributed by atoms with E-state index in [1.54, 1.807) is 0 Å². The molecule has 6 fully saturated rings. The third-order valence-corrected chi connectivity index (χ3v) is 11.1. The molecule has 1 aromatic heterocycles. The molecular formula is C32H46N4O2. The summed E-state index contributed by atoms with van der Waals surface area (Å²) in [6, 6.07) is 10.7. The van der Waals surface area contributed by atoms with E-state index >= 15 is 0 Å². The molecule has 1 aromatic carbocycles. The number of imidazole rings is 1. The molecule has 0 spiro atoms. The van der Waals surface area contributed by atoms with Gasteiger partial charge in [0.25, 0.3) is 0 Å². The number of rotatable bonds is 5. The highest BCUT2D eigenvalue weighted by Gasteiger charge is 2.44. The summed E-state index contributed by atoms with van der Waals surface area (Å²) in [7, 11) is 0. The smallest absolute Gasteiger partial charge is 0.317 e. The standard InChI is InChI=1S/C32H46N4O2/c37-31(38)21-34-15-7-14-29(34)32-33-27-12-5-6-13-28(27)36(32)30-19-25-11-4-3-10-24(30)20-35(25)26-17-22-8-1-2-9-23(16-22)18-26/h5-6,12-13,22-26,29-30H,1-4,7-11,14-21H2,(H,37,38)/t22-,23+,24?,25-,26?,29-,30+/m0/s1. The number of hydrogen-bond acceptors (Lipinski definition) is 4. The second-order valence-corrected chi connectivity index (χ2v) is 13.4. The second kappa shape index (κ2) is 10.6.